The van der Waals surface area contributed by atoms with Crippen molar-refractivity contribution in [3.8, 4) is 0 Å². The minimum atomic E-state index is 0. The van der Waals surface area contributed by atoms with Crippen molar-refractivity contribution in [1.29, 1.82) is 0 Å². The van der Waals surface area contributed by atoms with E-state index in [4.69, 9.17) is 4.74 Å². The Hall–Kier alpha value is -1.72. The molecule has 0 bridgehead atoms. The molecule has 1 saturated heterocycles. The number of aliphatic imine (C=N–C) groups is 1. The number of ether oxygens (including phenoxy) is 1. The number of rotatable bonds is 8. The molecule has 1 aromatic heterocycles. The van der Waals surface area contributed by atoms with Gasteiger partial charge < -0.3 is 19.9 Å². The third-order valence-electron chi connectivity index (χ3n) is 5.01. The molecular formula is C20H32IN7O. The second-order valence-corrected chi connectivity index (χ2v) is 6.75. The molecule has 0 saturated carbocycles. The van der Waals surface area contributed by atoms with Gasteiger partial charge in [-0.15, -0.1) is 34.2 Å². The van der Waals surface area contributed by atoms with Gasteiger partial charge in [0.2, 0.25) is 0 Å². The third-order valence-corrected chi connectivity index (χ3v) is 5.01. The Morgan fingerprint density at radius 2 is 1.97 bits per heavy atom. The van der Waals surface area contributed by atoms with Crippen LogP contribution >= 0.6 is 24.0 Å². The van der Waals surface area contributed by atoms with Gasteiger partial charge in [0, 0.05) is 46.2 Å². The van der Waals surface area contributed by atoms with Gasteiger partial charge in [-0.25, -0.2) is 0 Å². The highest BCUT2D eigenvalue weighted by molar-refractivity contribution is 14.0. The molecule has 1 aliphatic heterocycles. The van der Waals surface area contributed by atoms with E-state index in [0.29, 0.717) is 0 Å². The minimum absolute atomic E-state index is 0. The van der Waals surface area contributed by atoms with Crippen LogP contribution in [0.25, 0.3) is 0 Å². The number of benzene rings is 1. The molecule has 160 valence electrons. The first kappa shape index (κ1) is 23.6. The summed E-state index contributed by atoms with van der Waals surface area (Å²) in [7, 11) is 1.80. The van der Waals surface area contributed by atoms with E-state index in [1.165, 1.54) is 5.56 Å². The van der Waals surface area contributed by atoms with Crippen LogP contribution in [0.3, 0.4) is 0 Å². The van der Waals surface area contributed by atoms with Crippen LogP contribution in [0.4, 0.5) is 0 Å². The van der Waals surface area contributed by atoms with Crippen molar-refractivity contribution in [2.75, 3.05) is 46.4 Å². The van der Waals surface area contributed by atoms with Crippen molar-refractivity contribution in [3.63, 3.8) is 0 Å². The monoisotopic (exact) mass is 513 g/mol. The topological polar surface area (TPSA) is 79.6 Å². The molecule has 9 heteroatoms. The van der Waals surface area contributed by atoms with Crippen LogP contribution < -0.4 is 10.6 Å². The summed E-state index contributed by atoms with van der Waals surface area (Å²) in [6.07, 6.45) is 2.66. The smallest absolute Gasteiger partial charge is 0.191 e. The summed E-state index contributed by atoms with van der Waals surface area (Å²) in [5.41, 5.74) is 1.31. The number of guanidine groups is 1. The number of morpholine rings is 1. The standard InChI is InChI=1S/C20H31N7O.HI/c1-3-19-25-24-16-27(19)10-9-22-20(21-2)23-15-18(17-7-5-4-6-8-17)26-11-13-28-14-12-26;/h4-8,16,18H,3,9-15H2,1-2H3,(H2,21,22,23);1H. The Morgan fingerprint density at radius 1 is 1.21 bits per heavy atom. The van der Waals surface area contributed by atoms with Crippen LogP contribution in [-0.2, 0) is 17.7 Å². The van der Waals surface area contributed by atoms with Crippen LogP contribution in [0, 0.1) is 0 Å². The molecule has 0 aliphatic carbocycles. The Bertz CT molecular complexity index is 731. The fraction of sp³-hybridized carbons (Fsp3) is 0.550. The molecule has 1 unspecified atom stereocenters. The number of aromatic nitrogens is 3. The van der Waals surface area contributed by atoms with E-state index in [1.807, 2.05) is 0 Å². The lowest BCUT2D eigenvalue weighted by molar-refractivity contribution is 0.0170. The highest BCUT2D eigenvalue weighted by Gasteiger charge is 2.22. The summed E-state index contributed by atoms with van der Waals surface area (Å²) in [4.78, 5) is 6.85. The highest BCUT2D eigenvalue weighted by atomic mass is 127. The largest absolute Gasteiger partial charge is 0.379 e. The Morgan fingerprint density at radius 3 is 2.66 bits per heavy atom. The van der Waals surface area contributed by atoms with E-state index in [-0.39, 0.29) is 30.0 Å². The van der Waals surface area contributed by atoms with Gasteiger partial charge in [-0.3, -0.25) is 9.89 Å². The van der Waals surface area contributed by atoms with Crippen LogP contribution in [0.2, 0.25) is 0 Å². The van der Waals surface area contributed by atoms with Crippen molar-refractivity contribution >= 4 is 29.9 Å². The van der Waals surface area contributed by atoms with Crippen molar-refractivity contribution < 1.29 is 4.74 Å². The van der Waals surface area contributed by atoms with Crippen molar-refractivity contribution in [2.24, 2.45) is 4.99 Å². The number of nitrogens with zero attached hydrogens (tertiary/aromatic N) is 5. The molecule has 29 heavy (non-hydrogen) atoms. The Kier molecular flexibility index (Phi) is 10.4. The van der Waals surface area contributed by atoms with Crippen LogP contribution in [0.1, 0.15) is 24.4 Å². The van der Waals surface area contributed by atoms with Gasteiger partial charge in [-0.2, -0.15) is 0 Å². The molecule has 1 aromatic carbocycles. The zero-order valence-electron chi connectivity index (χ0n) is 17.3. The normalized spacial score (nSPS) is 16.1. The summed E-state index contributed by atoms with van der Waals surface area (Å²) >= 11 is 0. The lowest BCUT2D eigenvalue weighted by atomic mass is 10.0. The lowest BCUT2D eigenvalue weighted by Gasteiger charge is -2.35. The van der Waals surface area contributed by atoms with E-state index >= 15 is 0 Å². The van der Waals surface area contributed by atoms with E-state index in [0.717, 1.165) is 64.1 Å². The van der Waals surface area contributed by atoms with Crippen LogP contribution in [0.15, 0.2) is 41.7 Å². The number of aryl methyl sites for hydroxylation is 1. The number of hydrogen-bond donors (Lipinski definition) is 2. The van der Waals surface area contributed by atoms with Gasteiger partial charge in [0.1, 0.15) is 12.2 Å². The van der Waals surface area contributed by atoms with Gasteiger partial charge in [-0.1, -0.05) is 37.3 Å². The first-order valence-corrected chi connectivity index (χ1v) is 9.99. The Balaban J connectivity index is 0.00000300. The number of nitrogens with one attached hydrogen (secondary N) is 2. The second kappa shape index (κ2) is 12.8. The number of hydrogen-bond acceptors (Lipinski definition) is 5. The fourth-order valence-electron chi connectivity index (χ4n) is 3.47. The van der Waals surface area contributed by atoms with Gasteiger partial charge in [0.25, 0.3) is 0 Å². The van der Waals surface area contributed by atoms with Crippen molar-refractivity contribution in [2.45, 2.75) is 25.9 Å². The molecule has 0 radical (unpaired) electrons. The SMILES string of the molecule is CCc1nncn1CCNC(=NC)NCC(c1ccccc1)N1CCOCC1.I. The molecule has 1 aliphatic rings. The summed E-state index contributed by atoms with van der Waals surface area (Å²) < 4.78 is 7.60. The number of halogens is 1. The maximum Gasteiger partial charge on any atom is 0.191 e. The molecule has 0 amide bonds. The second-order valence-electron chi connectivity index (χ2n) is 6.75. The lowest BCUT2D eigenvalue weighted by Crippen LogP contribution is -2.46. The quantitative estimate of drug-likeness (QED) is 0.318. The predicted molar refractivity (Wildman–Crippen MR) is 126 cm³/mol. The summed E-state index contributed by atoms with van der Waals surface area (Å²) in [6.45, 7) is 7.91. The third kappa shape index (κ3) is 6.93. The molecule has 2 heterocycles. The van der Waals surface area contributed by atoms with Crippen molar-refractivity contribution in [1.82, 2.24) is 30.3 Å². The zero-order valence-corrected chi connectivity index (χ0v) is 19.6. The average molecular weight is 513 g/mol. The van der Waals surface area contributed by atoms with Gasteiger partial charge in [-0.05, 0) is 5.56 Å². The van der Waals surface area contributed by atoms with E-state index in [2.05, 4.69) is 72.5 Å². The molecule has 2 N–H and O–H groups in total. The predicted octanol–water partition coefficient (Wildman–Crippen LogP) is 1.70. The molecule has 2 aromatic rings. The minimum Gasteiger partial charge on any atom is -0.379 e. The van der Waals surface area contributed by atoms with Crippen molar-refractivity contribution in [3.05, 3.63) is 48.0 Å². The van der Waals surface area contributed by atoms with E-state index < -0.39 is 0 Å². The van der Waals surface area contributed by atoms with Crippen LogP contribution in [0.5, 0.6) is 0 Å². The van der Waals surface area contributed by atoms with Crippen LogP contribution in [-0.4, -0.2) is 72.1 Å². The molecule has 8 nitrogen and oxygen atoms in total. The maximum absolute atomic E-state index is 5.53. The molecule has 1 fully saturated rings. The zero-order chi connectivity index (χ0) is 19.6. The van der Waals surface area contributed by atoms with E-state index in [1.54, 1.807) is 13.4 Å². The fourth-order valence-corrected chi connectivity index (χ4v) is 3.47. The van der Waals surface area contributed by atoms with E-state index in [9.17, 15) is 0 Å². The Labute approximate surface area is 190 Å². The summed E-state index contributed by atoms with van der Waals surface area (Å²) in [5.74, 6) is 1.81. The van der Waals surface area contributed by atoms with Gasteiger partial charge in [0.15, 0.2) is 5.96 Å². The molecule has 0 spiro atoms. The summed E-state index contributed by atoms with van der Waals surface area (Å²) in [5, 5.41) is 15.0. The van der Waals surface area contributed by atoms with Gasteiger partial charge >= 0.3 is 0 Å². The maximum atomic E-state index is 5.53. The first-order valence-electron chi connectivity index (χ1n) is 9.99. The molecular weight excluding hydrogens is 481 g/mol. The average Bonchev–Trinajstić information content (AvgIpc) is 3.21. The molecule has 1 atom stereocenters. The van der Waals surface area contributed by atoms with Gasteiger partial charge in [0.05, 0.1) is 19.3 Å². The first-order chi connectivity index (χ1) is 13.8. The molecule has 3 rings (SSSR count). The highest BCUT2D eigenvalue weighted by Crippen LogP contribution is 2.20. The summed E-state index contributed by atoms with van der Waals surface area (Å²) in [6, 6.07) is 10.9.